The molecule has 9 nitrogen and oxygen atoms in total. The second kappa shape index (κ2) is 11.0. The van der Waals surface area contributed by atoms with Crippen molar-refractivity contribution in [3.63, 3.8) is 0 Å². The van der Waals surface area contributed by atoms with E-state index < -0.39 is 24.0 Å². The second-order valence-corrected chi connectivity index (χ2v) is 4.72. The summed E-state index contributed by atoms with van der Waals surface area (Å²) in [6.45, 7) is 0.947. The standard InChI is InChI=1S/C12H26N6O3/c13-6-2-1-4-8(14)10(19)21-11(20)9(15)5-3-7-18-12(16)17/h8-9H,1-7,13-15H2,(H4,16,17,18)/t8-,9+/m0/s1. The SMILES string of the molecule is N=C(N)NCCC[C@@H](N)C(=O)OC(=O)[C@@H](N)CCCCN. The summed E-state index contributed by atoms with van der Waals surface area (Å²) in [6, 6.07) is -1.74. The van der Waals surface area contributed by atoms with Crippen molar-refractivity contribution in [2.24, 2.45) is 22.9 Å². The molecular formula is C12H26N6O3. The quantitative estimate of drug-likeness (QED) is 0.0888. The summed E-state index contributed by atoms with van der Waals surface area (Å²) in [4.78, 5) is 23.1. The monoisotopic (exact) mass is 302 g/mol. The Kier molecular flexibility index (Phi) is 10.1. The first-order valence-corrected chi connectivity index (χ1v) is 6.93. The van der Waals surface area contributed by atoms with Crippen molar-refractivity contribution >= 4 is 17.9 Å². The van der Waals surface area contributed by atoms with Crippen LogP contribution in [0.3, 0.4) is 0 Å². The van der Waals surface area contributed by atoms with Crippen molar-refractivity contribution in [2.45, 2.75) is 44.2 Å². The Morgan fingerprint density at radius 2 is 1.57 bits per heavy atom. The van der Waals surface area contributed by atoms with Gasteiger partial charge in [0.25, 0.3) is 0 Å². The van der Waals surface area contributed by atoms with Crippen molar-refractivity contribution in [3.8, 4) is 0 Å². The van der Waals surface area contributed by atoms with E-state index in [4.69, 9.17) is 28.3 Å². The molecule has 0 bridgehead atoms. The highest BCUT2D eigenvalue weighted by Crippen LogP contribution is 2.02. The zero-order valence-electron chi connectivity index (χ0n) is 12.1. The maximum absolute atomic E-state index is 11.6. The van der Waals surface area contributed by atoms with Gasteiger partial charge in [0, 0.05) is 6.54 Å². The van der Waals surface area contributed by atoms with E-state index in [1.807, 2.05) is 0 Å². The highest BCUT2D eigenvalue weighted by Gasteiger charge is 2.22. The van der Waals surface area contributed by atoms with Crippen LogP contribution in [0.2, 0.25) is 0 Å². The van der Waals surface area contributed by atoms with Crippen molar-refractivity contribution in [1.29, 1.82) is 5.41 Å². The number of nitrogens with one attached hydrogen (secondary N) is 2. The largest absolute Gasteiger partial charge is 0.391 e. The Labute approximate surface area is 124 Å². The first-order valence-electron chi connectivity index (χ1n) is 6.93. The Balaban J connectivity index is 3.93. The maximum Gasteiger partial charge on any atom is 0.330 e. The topological polar surface area (TPSA) is 183 Å². The zero-order chi connectivity index (χ0) is 16.3. The van der Waals surface area contributed by atoms with Crippen molar-refractivity contribution < 1.29 is 14.3 Å². The summed E-state index contributed by atoms with van der Waals surface area (Å²) in [6.07, 6.45) is 2.71. The highest BCUT2D eigenvalue weighted by molar-refractivity contribution is 5.90. The molecule has 0 radical (unpaired) electrons. The number of nitrogens with two attached hydrogens (primary N) is 4. The number of carbonyl (C=O) groups is 2. The van der Waals surface area contributed by atoms with Crippen LogP contribution < -0.4 is 28.3 Å². The summed E-state index contributed by atoms with van der Waals surface area (Å²) < 4.78 is 4.64. The van der Waals surface area contributed by atoms with Gasteiger partial charge in [-0.2, -0.15) is 0 Å². The number of rotatable bonds is 10. The van der Waals surface area contributed by atoms with Crippen LogP contribution in [0, 0.1) is 5.41 Å². The van der Waals surface area contributed by atoms with Gasteiger partial charge in [0.15, 0.2) is 5.96 Å². The summed E-state index contributed by atoms with van der Waals surface area (Å²) in [5.41, 5.74) is 21.6. The van der Waals surface area contributed by atoms with Gasteiger partial charge in [-0.05, 0) is 32.2 Å². The average molecular weight is 302 g/mol. The molecule has 0 saturated heterocycles. The van der Waals surface area contributed by atoms with Crippen LogP contribution in [0.1, 0.15) is 32.1 Å². The van der Waals surface area contributed by atoms with Crippen molar-refractivity contribution in [3.05, 3.63) is 0 Å². The number of ether oxygens (including phenoxy) is 1. The van der Waals surface area contributed by atoms with Gasteiger partial charge in [0.2, 0.25) is 0 Å². The zero-order valence-corrected chi connectivity index (χ0v) is 12.1. The van der Waals surface area contributed by atoms with E-state index in [1.165, 1.54) is 0 Å². The van der Waals surface area contributed by atoms with Crippen LogP contribution in [0.4, 0.5) is 0 Å². The van der Waals surface area contributed by atoms with Gasteiger partial charge in [-0.25, -0.2) is 9.59 Å². The predicted molar refractivity (Wildman–Crippen MR) is 79.1 cm³/mol. The van der Waals surface area contributed by atoms with Gasteiger partial charge < -0.3 is 33.0 Å². The molecule has 0 aliphatic rings. The van der Waals surface area contributed by atoms with Crippen molar-refractivity contribution in [2.75, 3.05) is 13.1 Å². The normalized spacial score (nSPS) is 13.3. The predicted octanol–water partition coefficient (Wildman–Crippen LogP) is -1.90. The fourth-order valence-corrected chi connectivity index (χ4v) is 1.54. The van der Waals surface area contributed by atoms with Gasteiger partial charge in [-0.3, -0.25) is 5.41 Å². The molecule has 0 amide bonds. The van der Waals surface area contributed by atoms with Crippen LogP contribution in [0.5, 0.6) is 0 Å². The van der Waals surface area contributed by atoms with E-state index in [1.54, 1.807) is 0 Å². The molecule has 0 aromatic heterocycles. The van der Waals surface area contributed by atoms with E-state index in [2.05, 4.69) is 10.1 Å². The van der Waals surface area contributed by atoms with E-state index >= 15 is 0 Å². The van der Waals surface area contributed by atoms with Crippen LogP contribution in [0.15, 0.2) is 0 Å². The maximum atomic E-state index is 11.6. The lowest BCUT2D eigenvalue weighted by molar-refractivity contribution is -0.161. The van der Waals surface area contributed by atoms with Gasteiger partial charge in [-0.1, -0.05) is 6.42 Å². The molecule has 0 aromatic rings. The summed E-state index contributed by atoms with van der Waals surface area (Å²) in [5.74, 6) is -1.71. The molecule has 0 unspecified atom stereocenters. The fraction of sp³-hybridized carbons (Fsp3) is 0.750. The van der Waals surface area contributed by atoms with Crippen LogP contribution >= 0.6 is 0 Å². The third kappa shape index (κ3) is 9.77. The lowest BCUT2D eigenvalue weighted by Gasteiger charge is -2.13. The molecule has 0 aliphatic carbocycles. The van der Waals surface area contributed by atoms with Gasteiger partial charge in [-0.15, -0.1) is 0 Å². The number of hydrogen-bond acceptors (Lipinski definition) is 7. The Bertz CT molecular complexity index is 350. The van der Waals surface area contributed by atoms with Crippen molar-refractivity contribution in [1.82, 2.24) is 5.32 Å². The van der Waals surface area contributed by atoms with Crippen LogP contribution in [-0.2, 0) is 14.3 Å². The third-order valence-electron chi connectivity index (χ3n) is 2.78. The molecule has 122 valence electrons. The third-order valence-corrected chi connectivity index (χ3v) is 2.78. The molecule has 0 heterocycles. The van der Waals surface area contributed by atoms with E-state index in [0.29, 0.717) is 38.8 Å². The molecule has 2 atom stereocenters. The minimum Gasteiger partial charge on any atom is -0.391 e. The van der Waals surface area contributed by atoms with Gasteiger partial charge in [0.1, 0.15) is 12.1 Å². The van der Waals surface area contributed by atoms with Crippen LogP contribution in [-0.4, -0.2) is 43.1 Å². The number of guanidine groups is 1. The lowest BCUT2D eigenvalue weighted by atomic mass is 10.1. The molecule has 0 fully saturated rings. The van der Waals surface area contributed by atoms with Gasteiger partial charge in [0.05, 0.1) is 0 Å². The Morgan fingerprint density at radius 1 is 1.05 bits per heavy atom. The minimum atomic E-state index is -0.904. The first-order chi connectivity index (χ1) is 9.88. The molecule has 0 rings (SSSR count). The van der Waals surface area contributed by atoms with E-state index in [9.17, 15) is 9.59 Å². The smallest absolute Gasteiger partial charge is 0.330 e. The van der Waals surface area contributed by atoms with E-state index in [-0.39, 0.29) is 5.96 Å². The summed E-state index contributed by atoms with van der Waals surface area (Å²) in [5, 5.41) is 9.53. The van der Waals surface area contributed by atoms with E-state index in [0.717, 1.165) is 6.42 Å². The van der Waals surface area contributed by atoms with Crippen LogP contribution in [0.25, 0.3) is 0 Å². The number of carbonyl (C=O) groups excluding carboxylic acids is 2. The Morgan fingerprint density at radius 3 is 2.05 bits per heavy atom. The highest BCUT2D eigenvalue weighted by atomic mass is 16.6. The molecular weight excluding hydrogens is 276 g/mol. The molecule has 10 N–H and O–H groups in total. The molecule has 9 heteroatoms. The molecule has 0 saturated carbocycles. The number of esters is 2. The molecule has 0 spiro atoms. The lowest BCUT2D eigenvalue weighted by Crippen LogP contribution is -2.40. The summed E-state index contributed by atoms with van der Waals surface area (Å²) >= 11 is 0. The Hall–Kier alpha value is -1.71. The van der Waals surface area contributed by atoms with Gasteiger partial charge >= 0.3 is 11.9 Å². The molecule has 0 aliphatic heterocycles. The minimum absolute atomic E-state index is 0.148. The average Bonchev–Trinajstić information content (AvgIpc) is 2.43. The second-order valence-electron chi connectivity index (χ2n) is 4.72. The summed E-state index contributed by atoms with van der Waals surface area (Å²) in [7, 11) is 0. The fourth-order valence-electron chi connectivity index (χ4n) is 1.54. The number of unbranched alkanes of at least 4 members (excludes halogenated alkanes) is 1. The number of hydrogen-bond donors (Lipinski definition) is 6. The molecule has 0 aromatic carbocycles. The molecule has 21 heavy (non-hydrogen) atoms. The first kappa shape index (κ1) is 19.3.